The minimum atomic E-state index is 0.0694. The lowest BCUT2D eigenvalue weighted by molar-refractivity contribution is 0.411. The topological polar surface area (TPSA) is 43.8 Å². The van der Waals surface area contributed by atoms with Crippen LogP contribution >= 0.6 is 0 Å². The van der Waals surface area contributed by atoms with Gasteiger partial charge in [0.15, 0.2) is 0 Å². The lowest BCUT2D eigenvalue weighted by Gasteiger charge is -2.18. The molecule has 0 fully saturated rings. The Morgan fingerprint density at radius 3 is 2.77 bits per heavy atom. The molecule has 0 amide bonds. The van der Waals surface area contributed by atoms with Crippen molar-refractivity contribution >= 4 is 0 Å². The van der Waals surface area contributed by atoms with Crippen LogP contribution in [0.4, 0.5) is 0 Å². The first kappa shape index (κ1) is 10.3. The smallest absolute Gasteiger partial charge is 0.125 e. The summed E-state index contributed by atoms with van der Waals surface area (Å²) in [5.74, 6) is 1.49. The van der Waals surface area contributed by atoms with Gasteiger partial charge >= 0.3 is 0 Å². The monoisotopic (exact) mass is 181 g/mol. The third-order valence-electron chi connectivity index (χ3n) is 2.51. The van der Waals surface area contributed by atoms with Crippen molar-refractivity contribution in [2.75, 3.05) is 0 Å². The van der Waals surface area contributed by atoms with E-state index < -0.39 is 0 Å². The van der Waals surface area contributed by atoms with E-state index in [0.717, 1.165) is 12.2 Å². The lowest BCUT2D eigenvalue weighted by atomic mass is 9.97. The summed E-state index contributed by atoms with van der Waals surface area (Å²) >= 11 is 0. The fourth-order valence-corrected chi connectivity index (χ4v) is 1.59. The highest BCUT2D eigenvalue weighted by molar-refractivity contribution is 4.98. The van der Waals surface area contributed by atoms with Crippen molar-refractivity contribution in [3.05, 3.63) is 18.2 Å². The van der Waals surface area contributed by atoms with Gasteiger partial charge in [0.05, 0.1) is 6.04 Å². The number of rotatable bonds is 4. The van der Waals surface area contributed by atoms with Gasteiger partial charge in [0, 0.05) is 19.4 Å². The zero-order chi connectivity index (χ0) is 9.84. The van der Waals surface area contributed by atoms with Crippen molar-refractivity contribution in [3.63, 3.8) is 0 Å². The first-order chi connectivity index (χ1) is 6.16. The van der Waals surface area contributed by atoms with E-state index in [4.69, 9.17) is 5.73 Å². The maximum Gasteiger partial charge on any atom is 0.125 e. The van der Waals surface area contributed by atoms with E-state index in [0.29, 0.717) is 5.92 Å². The molecule has 1 heterocycles. The van der Waals surface area contributed by atoms with Crippen molar-refractivity contribution in [2.45, 2.75) is 32.7 Å². The molecule has 0 saturated heterocycles. The Morgan fingerprint density at radius 1 is 1.62 bits per heavy atom. The number of aryl methyl sites for hydroxylation is 1. The van der Waals surface area contributed by atoms with Gasteiger partial charge in [-0.1, -0.05) is 20.3 Å². The van der Waals surface area contributed by atoms with Gasteiger partial charge in [0.25, 0.3) is 0 Å². The Bertz CT molecular complexity index is 254. The van der Waals surface area contributed by atoms with Crippen molar-refractivity contribution in [1.82, 2.24) is 9.55 Å². The fourth-order valence-electron chi connectivity index (χ4n) is 1.59. The molecule has 74 valence electrons. The summed E-state index contributed by atoms with van der Waals surface area (Å²) < 4.78 is 2.00. The van der Waals surface area contributed by atoms with Gasteiger partial charge in [-0.25, -0.2) is 4.98 Å². The first-order valence-electron chi connectivity index (χ1n) is 4.89. The molecule has 0 aliphatic carbocycles. The summed E-state index contributed by atoms with van der Waals surface area (Å²) in [5.41, 5.74) is 6.09. The second-order valence-electron chi connectivity index (χ2n) is 3.69. The molecule has 2 atom stereocenters. The minimum Gasteiger partial charge on any atom is -0.337 e. The molecule has 3 heteroatoms. The third-order valence-corrected chi connectivity index (χ3v) is 2.51. The quantitative estimate of drug-likeness (QED) is 0.770. The molecule has 0 aliphatic rings. The maximum absolute atomic E-state index is 6.09. The molecule has 3 nitrogen and oxygen atoms in total. The van der Waals surface area contributed by atoms with Crippen LogP contribution in [0.5, 0.6) is 0 Å². The van der Waals surface area contributed by atoms with Crippen molar-refractivity contribution in [3.8, 4) is 0 Å². The first-order valence-corrected chi connectivity index (χ1v) is 4.89. The van der Waals surface area contributed by atoms with Gasteiger partial charge in [-0.05, 0) is 12.3 Å². The molecule has 2 N–H and O–H groups in total. The van der Waals surface area contributed by atoms with Crippen LogP contribution in [-0.2, 0) is 7.05 Å². The van der Waals surface area contributed by atoms with Gasteiger partial charge in [-0.15, -0.1) is 0 Å². The second-order valence-corrected chi connectivity index (χ2v) is 3.69. The van der Waals surface area contributed by atoms with Gasteiger partial charge in [0.1, 0.15) is 5.82 Å². The number of hydrogen-bond acceptors (Lipinski definition) is 2. The maximum atomic E-state index is 6.09. The van der Waals surface area contributed by atoms with E-state index >= 15 is 0 Å². The van der Waals surface area contributed by atoms with Crippen molar-refractivity contribution in [1.29, 1.82) is 0 Å². The van der Waals surface area contributed by atoms with Crippen LogP contribution in [0.15, 0.2) is 12.4 Å². The van der Waals surface area contributed by atoms with E-state index in [2.05, 4.69) is 18.8 Å². The summed E-state index contributed by atoms with van der Waals surface area (Å²) in [4.78, 5) is 4.26. The van der Waals surface area contributed by atoms with Gasteiger partial charge in [-0.3, -0.25) is 0 Å². The molecule has 0 aromatic carbocycles. The van der Waals surface area contributed by atoms with Crippen LogP contribution in [0.1, 0.15) is 38.6 Å². The van der Waals surface area contributed by atoms with E-state index in [9.17, 15) is 0 Å². The number of imidazole rings is 1. The Labute approximate surface area is 80.0 Å². The lowest BCUT2D eigenvalue weighted by Crippen LogP contribution is -2.22. The highest BCUT2D eigenvalue weighted by Gasteiger charge is 2.17. The zero-order valence-corrected chi connectivity index (χ0v) is 8.70. The molecule has 1 aromatic heterocycles. The van der Waals surface area contributed by atoms with Crippen LogP contribution in [0, 0.1) is 5.92 Å². The van der Waals surface area contributed by atoms with E-state index in [1.165, 1.54) is 6.42 Å². The molecule has 0 saturated carbocycles. The average Bonchev–Trinajstić information content (AvgIpc) is 2.50. The van der Waals surface area contributed by atoms with Gasteiger partial charge in [-0.2, -0.15) is 0 Å². The molecule has 1 rings (SSSR count). The number of aromatic nitrogens is 2. The molecule has 0 spiro atoms. The third kappa shape index (κ3) is 2.31. The summed E-state index contributed by atoms with van der Waals surface area (Å²) in [6.07, 6.45) is 6.08. The highest BCUT2D eigenvalue weighted by Crippen LogP contribution is 2.20. The number of nitrogens with zero attached hydrogens (tertiary/aromatic N) is 2. The molecule has 2 unspecified atom stereocenters. The largest absolute Gasteiger partial charge is 0.337 e. The molecule has 0 aliphatic heterocycles. The molecular weight excluding hydrogens is 162 g/mol. The number of nitrogens with two attached hydrogens (primary N) is 1. The fraction of sp³-hybridized carbons (Fsp3) is 0.700. The van der Waals surface area contributed by atoms with Crippen LogP contribution in [-0.4, -0.2) is 9.55 Å². The normalized spacial score (nSPS) is 15.7. The Morgan fingerprint density at radius 2 is 2.31 bits per heavy atom. The van der Waals surface area contributed by atoms with Crippen LogP contribution in [0.25, 0.3) is 0 Å². The summed E-state index contributed by atoms with van der Waals surface area (Å²) in [6, 6.07) is 0.0694. The average molecular weight is 181 g/mol. The highest BCUT2D eigenvalue weighted by atomic mass is 15.1. The van der Waals surface area contributed by atoms with E-state index in [1.807, 2.05) is 17.8 Å². The van der Waals surface area contributed by atoms with E-state index in [-0.39, 0.29) is 6.04 Å². The number of hydrogen-bond donors (Lipinski definition) is 1. The summed E-state index contributed by atoms with van der Waals surface area (Å²) in [6.45, 7) is 4.37. The molecule has 1 aromatic rings. The Hall–Kier alpha value is -0.830. The standard InChI is InChI=1S/C10H19N3/c1-4-5-8(2)9(11)10-12-6-7-13(10)3/h6-9H,4-5,11H2,1-3H3. The van der Waals surface area contributed by atoms with Gasteiger partial charge in [0.2, 0.25) is 0 Å². The Kier molecular flexibility index (Phi) is 3.48. The molecule has 0 radical (unpaired) electrons. The minimum absolute atomic E-state index is 0.0694. The second kappa shape index (κ2) is 4.42. The summed E-state index contributed by atoms with van der Waals surface area (Å²) in [7, 11) is 1.99. The van der Waals surface area contributed by atoms with Crippen molar-refractivity contribution < 1.29 is 0 Å². The van der Waals surface area contributed by atoms with Crippen LogP contribution in [0.3, 0.4) is 0 Å². The van der Waals surface area contributed by atoms with Crippen LogP contribution < -0.4 is 5.73 Å². The SMILES string of the molecule is CCCC(C)C(N)c1nccn1C. The zero-order valence-electron chi connectivity index (χ0n) is 8.70. The predicted octanol–water partition coefficient (Wildman–Crippen LogP) is 1.86. The summed E-state index contributed by atoms with van der Waals surface area (Å²) in [5, 5.41) is 0. The molecular formula is C10H19N3. The Balaban J connectivity index is 2.67. The van der Waals surface area contributed by atoms with E-state index in [1.54, 1.807) is 6.20 Å². The van der Waals surface area contributed by atoms with Gasteiger partial charge < -0.3 is 10.3 Å². The molecule has 0 bridgehead atoms. The van der Waals surface area contributed by atoms with Crippen molar-refractivity contribution in [2.24, 2.45) is 18.7 Å². The predicted molar refractivity (Wildman–Crippen MR) is 54.2 cm³/mol. The van der Waals surface area contributed by atoms with Crippen LogP contribution in [0.2, 0.25) is 0 Å². The molecule has 13 heavy (non-hydrogen) atoms.